The summed E-state index contributed by atoms with van der Waals surface area (Å²) in [5.41, 5.74) is 8.98. The van der Waals surface area contributed by atoms with Crippen LogP contribution in [0.5, 0.6) is 0 Å². The van der Waals surface area contributed by atoms with Gasteiger partial charge in [-0.25, -0.2) is 4.39 Å². The largest absolute Gasteiger partial charge is 0.457 e. The number of alkyl halides is 1. The van der Waals surface area contributed by atoms with E-state index in [-0.39, 0.29) is 0 Å². The Labute approximate surface area is 122 Å². The number of hydrogen-bond acceptors (Lipinski definition) is 2. The summed E-state index contributed by atoms with van der Waals surface area (Å²) in [6, 6.07) is 15.1. The average molecular weight is 281 g/mol. The molecule has 0 saturated heterocycles. The van der Waals surface area contributed by atoms with Gasteiger partial charge in [0.25, 0.3) is 0 Å². The smallest absolute Gasteiger partial charge is 0.155 e. The van der Waals surface area contributed by atoms with Crippen molar-refractivity contribution < 1.29 is 8.81 Å². The molecule has 1 unspecified atom stereocenters. The van der Waals surface area contributed by atoms with E-state index in [4.69, 9.17) is 10.2 Å². The van der Waals surface area contributed by atoms with Crippen LogP contribution in [0, 0.1) is 0 Å². The normalized spacial score (nSPS) is 13.0. The first kappa shape index (κ1) is 13.4. The average Bonchev–Trinajstić information content (AvgIpc) is 2.85. The molecule has 0 aliphatic rings. The highest BCUT2D eigenvalue weighted by Gasteiger charge is 2.16. The van der Waals surface area contributed by atoms with E-state index in [9.17, 15) is 4.39 Å². The summed E-state index contributed by atoms with van der Waals surface area (Å²) in [6.07, 6.45) is 2.59. The van der Waals surface area contributed by atoms with Crippen LogP contribution in [-0.4, -0.2) is 0 Å². The zero-order chi connectivity index (χ0) is 14.8. The maximum atomic E-state index is 13.8. The van der Waals surface area contributed by atoms with Crippen molar-refractivity contribution in [2.24, 2.45) is 0 Å². The highest BCUT2D eigenvalue weighted by atomic mass is 19.1. The Morgan fingerprint density at radius 2 is 1.76 bits per heavy atom. The minimum Gasteiger partial charge on any atom is -0.457 e. The zero-order valence-corrected chi connectivity index (χ0v) is 11.7. The molecule has 106 valence electrons. The molecule has 0 aliphatic carbocycles. The molecule has 2 N–H and O–H groups in total. The zero-order valence-electron chi connectivity index (χ0n) is 11.7. The fourth-order valence-electron chi connectivity index (χ4n) is 2.39. The molecule has 1 aromatic heterocycles. The number of benzene rings is 2. The lowest BCUT2D eigenvalue weighted by Gasteiger charge is -2.01. The Hall–Kier alpha value is -2.55. The first-order valence-corrected chi connectivity index (χ1v) is 6.85. The predicted octanol–water partition coefficient (Wildman–Crippen LogP) is 5.22. The Kier molecular flexibility index (Phi) is 3.48. The van der Waals surface area contributed by atoms with Gasteiger partial charge in [-0.15, -0.1) is 0 Å². The van der Waals surface area contributed by atoms with Crippen LogP contribution in [0.15, 0.2) is 52.9 Å². The van der Waals surface area contributed by atoms with Crippen molar-refractivity contribution in [1.29, 1.82) is 0 Å². The third kappa shape index (κ3) is 2.55. The number of nitrogen functional groups attached to an aromatic ring is 1. The van der Waals surface area contributed by atoms with Gasteiger partial charge in [0.2, 0.25) is 0 Å². The van der Waals surface area contributed by atoms with Gasteiger partial charge < -0.3 is 10.2 Å². The van der Waals surface area contributed by atoms with Crippen LogP contribution in [0.3, 0.4) is 0 Å². The number of anilines is 1. The molecule has 1 atom stereocenters. The predicted molar refractivity (Wildman–Crippen MR) is 85.5 cm³/mol. The second-order valence-electron chi connectivity index (χ2n) is 4.95. The first-order chi connectivity index (χ1) is 10.2. The lowest BCUT2D eigenvalue weighted by molar-refractivity contribution is 0.317. The molecular formula is C18H16FNO. The van der Waals surface area contributed by atoms with Crippen LogP contribution in [0.4, 0.5) is 10.1 Å². The lowest BCUT2D eigenvalue weighted by Crippen LogP contribution is -1.88. The number of fused-ring (bicyclic) bond motifs is 1. The maximum Gasteiger partial charge on any atom is 0.155 e. The maximum absolute atomic E-state index is 13.8. The van der Waals surface area contributed by atoms with E-state index in [1.807, 2.05) is 60.7 Å². The molecular weight excluding hydrogens is 265 g/mol. The van der Waals surface area contributed by atoms with E-state index in [0.717, 1.165) is 16.5 Å². The fraction of sp³-hybridized carbons (Fsp3) is 0.111. The molecule has 3 rings (SSSR count). The molecule has 0 saturated carbocycles. The van der Waals surface area contributed by atoms with Crippen molar-refractivity contribution in [3.8, 4) is 0 Å². The van der Waals surface area contributed by atoms with Crippen molar-refractivity contribution in [2.75, 3.05) is 5.73 Å². The Balaban J connectivity index is 2.11. The number of para-hydroxylation sites is 2. The molecule has 0 fully saturated rings. The monoisotopic (exact) mass is 281 g/mol. The number of nitrogens with two attached hydrogens (primary N) is 1. The molecule has 0 bridgehead atoms. The molecule has 3 heteroatoms. The van der Waals surface area contributed by atoms with Gasteiger partial charge in [0.05, 0.1) is 0 Å². The Morgan fingerprint density at radius 3 is 2.52 bits per heavy atom. The molecule has 0 amide bonds. The topological polar surface area (TPSA) is 39.2 Å². The third-order valence-electron chi connectivity index (χ3n) is 3.45. The first-order valence-electron chi connectivity index (χ1n) is 6.85. The summed E-state index contributed by atoms with van der Waals surface area (Å²) in [5, 5.41) is 0.905. The van der Waals surface area contributed by atoms with Gasteiger partial charge in [-0.05, 0) is 24.6 Å². The molecule has 0 spiro atoms. The summed E-state index contributed by atoms with van der Waals surface area (Å²) < 4.78 is 19.4. The molecule has 0 radical (unpaired) electrons. The minimum atomic E-state index is -1.16. The van der Waals surface area contributed by atoms with Gasteiger partial charge in [0.1, 0.15) is 11.3 Å². The highest BCUT2D eigenvalue weighted by Crippen LogP contribution is 2.33. The van der Waals surface area contributed by atoms with Crippen molar-refractivity contribution in [3.05, 3.63) is 65.4 Å². The van der Waals surface area contributed by atoms with Crippen LogP contribution >= 0.6 is 0 Å². The number of halogens is 1. The van der Waals surface area contributed by atoms with E-state index in [1.54, 1.807) is 0 Å². The molecule has 3 aromatic rings. The van der Waals surface area contributed by atoms with E-state index < -0.39 is 6.17 Å². The van der Waals surface area contributed by atoms with Crippen molar-refractivity contribution in [1.82, 2.24) is 0 Å². The summed E-state index contributed by atoms with van der Waals surface area (Å²) in [5.74, 6) is 0.349. The molecule has 1 heterocycles. The SMILES string of the molecule is CC(F)c1oc2ccccc2c1/C=C/c1ccccc1N. The van der Waals surface area contributed by atoms with Gasteiger partial charge in [-0.3, -0.25) is 0 Å². The molecule has 21 heavy (non-hydrogen) atoms. The number of furan rings is 1. The van der Waals surface area contributed by atoms with Crippen LogP contribution in [0.25, 0.3) is 23.1 Å². The summed E-state index contributed by atoms with van der Waals surface area (Å²) >= 11 is 0. The molecule has 0 aliphatic heterocycles. The quantitative estimate of drug-likeness (QED) is 0.669. The van der Waals surface area contributed by atoms with E-state index >= 15 is 0 Å². The van der Waals surface area contributed by atoms with Crippen LogP contribution in [0.2, 0.25) is 0 Å². The second kappa shape index (κ2) is 5.44. The molecule has 2 aromatic carbocycles. The number of rotatable bonds is 3. The standard InChI is InChI=1S/C18H16FNO/c1-12(19)18-15(14-7-3-5-9-17(14)21-18)11-10-13-6-2-4-8-16(13)20/h2-12H,20H2,1H3/b11-10+. The highest BCUT2D eigenvalue weighted by molar-refractivity contribution is 5.92. The van der Waals surface area contributed by atoms with Crippen molar-refractivity contribution >= 4 is 28.8 Å². The minimum absolute atomic E-state index is 0.349. The van der Waals surface area contributed by atoms with Gasteiger partial charge >= 0.3 is 0 Å². The van der Waals surface area contributed by atoms with Crippen LogP contribution < -0.4 is 5.73 Å². The van der Waals surface area contributed by atoms with Gasteiger partial charge in [0, 0.05) is 16.6 Å². The Bertz CT molecular complexity index is 802. The van der Waals surface area contributed by atoms with Crippen molar-refractivity contribution in [3.63, 3.8) is 0 Å². The van der Waals surface area contributed by atoms with Gasteiger partial charge in [-0.1, -0.05) is 48.6 Å². The lowest BCUT2D eigenvalue weighted by atomic mass is 10.1. The fourth-order valence-corrected chi connectivity index (χ4v) is 2.39. The second-order valence-corrected chi connectivity index (χ2v) is 4.95. The summed E-state index contributed by atoms with van der Waals surface area (Å²) in [4.78, 5) is 0. The van der Waals surface area contributed by atoms with E-state index in [2.05, 4.69) is 0 Å². The van der Waals surface area contributed by atoms with Gasteiger partial charge in [-0.2, -0.15) is 0 Å². The van der Waals surface area contributed by atoms with E-state index in [1.165, 1.54) is 6.92 Å². The summed E-state index contributed by atoms with van der Waals surface area (Å²) in [6.45, 7) is 1.48. The van der Waals surface area contributed by atoms with Crippen LogP contribution in [-0.2, 0) is 0 Å². The molecule has 2 nitrogen and oxygen atoms in total. The third-order valence-corrected chi connectivity index (χ3v) is 3.45. The van der Waals surface area contributed by atoms with E-state index in [0.29, 0.717) is 17.0 Å². The van der Waals surface area contributed by atoms with Crippen LogP contribution in [0.1, 0.15) is 30.0 Å². The van der Waals surface area contributed by atoms with Gasteiger partial charge in [0.15, 0.2) is 6.17 Å². The number of hydrogen-bond donors (Lipinski definition) is 1. The summed E-state index contributed by atoms with van der Waals surface area (Å²) in [7, 11) is 0. The Morgan fingerprint density at radius 1 is 1.05 bits per heavy atom. The van der Waals surface area contributed by atoms with Crippen molar-refractivity contribution in [2.45, 2.75) is 13.1 Å².